The van der Waals surface area contributed by atoms with Gasteiger partial charge in [0.15, 0.2) is 0 Å². The first kappa shape index (κ1) is 11.5. The second-order valence-corrected chi connectivity index (χ2v) is 5.46. The van der Waals surface area contributed by atoms with E-state index >= 15 is 0 Å². The van der Waals surface area contributed by atoms with Gasteiger partial charge in [-0.25, -0.2) is 0 Å². The summed E-state index contributed by atoms with van der Waals surface area (Å²) in [6, 6.07) is 10.4. The fourth-order valence-electron chi connectivity index (χ4n) is 3.35. The minimum atomic E-state index is -0.210. The Morgan fingerprint density at radius 3 is 2.56 bits per heavy atom. The number of allylic oxidation sites excluding steroid dienone is 4. The summed E-state index contributed by atoms with van der Waals surface area (Å²) in [7, 11) is 0. The molecule has 92 valence electrons. The molecule has 1 aromatic carbocycles. The number of benzene rings is 1. The molecule has 1 unspecified atom stereocenters. The molecule has 2 aliphatic carbocycles. The largest absolute Gasteiger partial charge is 0.298 e. The number of fused-ring (bicyclic) bond motifs is 1. The van der Waals surface area contributed by atoms with E-state index < -0.39 is 0 Å². The second-order valence-electron chi connectivity index (χ2n) is 5.46. The molecule has 1 nitrogen and oxygen atoms in total. The van der Waals surface area contributed by atoms with Crippen molar-refractivity contribution in [1.29, 1.82) is 0 Å². The number of hydrogen-bond acceptors (Lipinski definition) is 1. The zero-order valence-corrected chi connectivity index (χ0v) is 10.8. The van der Waals surface area contributed by atoms with E-state index in [9.17, 15) is 4.79 Å². The van der Waals surface area contributed by atoms with Gasteiger partial charge in [-0.2, -0.15) is 0 Å². The van der Waals surface area contributed by atoms with Crippen LogP contribution in [0.15, 0.2) is 53.1 Å². The first-order valence-electron chi connectivity index (χ1n) is 6.72. The van der Waals surface area contributed by atoms with Crippen LogP contribution in [0.4, 0.5) is 0 Å². The summed E-state index contributed by atoms with van der Waals surface area (Å²) in [6.45, 7) is 2.17. The number of carbonyl (C=O) groups is 1. The molecule has 18 heavy (non-hydrogen) atoms. The van der Waals surface area contributed by atoms with Crippen molar-refractivity contribution in [1.82, 2.24) is 0 Å². The van der Waals surface area contributed by atoms with Gasteiger partial charge in [0.1, 0.15) is 6.29 Å². The van der Waals surface area contributed by atoms with Gasteiger partial charge in [0.2, 0.25) is 0 Å². The summed E-state index contributed by atoms with van der Waals surface area (Å²) >= 11 is 0. The van der Waals surface area contributed by atoms with E-state index in [1.807, 2.05) is 18.2 Å². The molecule has 0 aromatic heterocycles. The molecule has 1 heteroatoms. The average Bonchev–Trinajstić information content (AvgIpc) is 2.72. The van der Waals surface area contributed by atoms with Crippen molar-refractivity contribution >= 4 is 6.29 Å². The van der Waals surface area contributed by atoms with Gasteiger partial charge < -0.3 is 0 Å². The lowest BCUT2D eigenvalue weighted by atomic mass is 9.77. The van der Waals surface area contributed by atoms with Crippen LogP contribution in [0.25, 0.3) is 0 Å². The van der Waals surface area contributed by atoms with Gasteiger partial charge >= 0.3 is 0 Å². The van der Waals surface area contributed by atoms with Crippen LogP contribution in [0.2, 0.25) is 0 Å². The first-order chi connectivity index (χ1) is 8.75. The Morgan fingerprint density at radius 1 is 1.11 bits per heavy atom. The third kappa shape index (κ3) is 1.58. The maximum atomic E-state index is 11.6. The Kier molecular flexibility index (Phi) is 2.70. The van der Waals surface area contributed by atoms with Gasteiger partial charge in [-0.1, -0.05) is 36.4 Å². The van der Waals surface area contributed by atoms with Crippen LogP contribution >= 0.6 is 0 Å². The zero-order chi connectivity index (χ0) is 12.6. The molecule has 0 radical (unpaired) electrons. The molecule has 0 amide bonds. The highest BCUT2D eigenvalue weighted by atomic mass is 16.1. The van der Waals surface area contributed by atoms with Crippen LogP contribution < -0.4 is 0 Å². The van der Waals surface area contributed by atoms with Crippen molar-refractivity contribution in [3.63, 3.8) is 0 Å². The number of rotatable bonds is 2. The summed E-state index contributed by atoms with van der Waals surface area (Å²) in [5.74, 6) is 0. The molecule has 0 heterocycles. The van der Waals surface area contributed by atoms with Gasteiger partial charge in [0.25, 0.3) is 0 Å². The van der Waals surface area contributed by atoms with Crippen molar-refractivity contribution in [3.05, 3.63) is 58.7 Å². The quantitative estimate of drug-likeness (QED) is 0.713. The molecule has 3 rings (SSSR count). The summed E-state index contributed by atoms with van der Waals surface area (Å²) in [6.07, 6.45) is 8.08. The van der Waals surface area contributed by atoms with E-state index in [0.717, 1.165) is 24.7 Å². The molecule has 2 aliphatic rings. The first-order valence-corrected chi connectivity index (χ1v) is 6.72. The van der Waals surface area contributed by atoms with Crippen LogP contribution in [-0.4, -0.2) is 6.29 Å². The average molecular weight is 238 g/mol. The van der Waals surface area contributed by atoms with Crippen molar-refractivity contribution in [2.24, 2.45) is 0 Å². The Morgan fingerprint density at radius 2 is 1.83 bits per heavy atom. The summed E-state index contributed by atoms with van der Waals surface area (Å²) in [5.41, 5.74) is 4.74. The SMILES string of the molecule is CC1(c2ccccc2)C=C2CCCCC2=C1C=O. The molecule has 1 atom stereocenters. The third-order valence-corrected chi connectivity index (χ3v) is 4.35. The number of carbonyl (C=O) groups excluding carboxylic acids is 1. The Labute approximate surface area is 108 Å². The highest BCUT2D eigenvalue weighted by Gasteiger charge is 2.37. The highest BCUT2D eigenvalue weighted by molar-refractivity contribution is 5.84. The van der Waals surface area contributed by atoms with E-state index in [4.69, 9.17) is 0 Å². The van der Waals surface area contributed by atoms with Crippen molar-refractivity contribution in [3.8, 4) is 0 Å². The van der Waals surface area contributed by atoms with Crippen LogP contribution in [0, 0.1) is 0 Å². The lowest BCUT2D eigenvalue weighted by molar-refractivity contribution is -0.105. The Balaban J connectivity index is 2.15. The van der Waals surface area contributed by atoms with E-state index in [0.29, 0.717) is 0 Å². The predicted molar refractivity (Wildman–Crippen MR) is 73.4 cm³/mol. The lowest BCUT2D eigenvalue weighted by Gasteiger charge is -2.24. The topological polar surface area (TPSA) is 17.1 Å². The fourth-order valence-corrected chi connectivity index (χ4v) is 3.35. The molecule has 0 N–H and O–H groups in total. The van der Waals surface area contributed by atoms with Crippen LogP contribution in [0.1, 0.15) is 38.2 Å². The molecule has 0 spiro atoms. The maximum absolute atomic E-state index is 11.6. The van der Waals surface area contributed by atoms with E-state index in [2.05, 4.69) is 25.1 Å². The van der Waals surface area contributed by atoms with Crippen molar-refractivity contribution in [2.75, 3.05) is 0 Å². The molecule has 1 fully saturated rings. The van der Waals surface area contributed by atoms with E-state index in [-0.39, 0.29) is 5.41 Å². The standard InChI is InChI=1S/C17H18O/c1-17(14-8-3-2-4-9-14)11-13-7-5-6-10-15(13)16(17)12-18/h2-4,8-9,11-12H,5-7,10H2,1H3. The predicted octanol–water partition coefficient (Wildman–Crippen LogP) is 3.95. The fraction of sp³-hybridized carbons (Fsp3) is 0.353. The highest BCUT2D eigenvalue weighted by Crippen LogP contribution is 2.47. The van der Waals surface area contributed by atoms with Crippen molar-refractivity contribution in [2.45, 2.75) is 38.0 Å². The monoisotopic (exact) mass is 238 g/mol. The molecule has 1 saturated carbocycles. The molecule has 0 aliphatic heterocycles. The zero-order valence-electron chi connectivity index (χ0n) is 10.8. The molecular weight excluding hydrogens is 220 g/mol. The minimum absolute atomic E-state index is 0.210. The maximum Gasteiger partial charge on any atom is 0.147 e. The third-order valence-electron chi connectivity index (χ3n) is 4.35. The van der Waals surface area contributed by atoms with Gasteiger partial charge in [-0.15, -0.1) is 0 Å². The Bertz CT molecular complexity index is 536. The number of hydrogen-bond donors (Lipinski definition) is 0. The minimum Gasteiger partial charge on any atom is -0.298 e. The van der Waals surface area contributed by atoms with Gasteiger partial charge in [0, 0.05) is 11.0 Å². The number of aldehydes is 1. The second kappa shape index (κ2) is 4.24. The van der Waals surface area contributed by atoms with Gasteiger partial charge in [-0.05, 0) is 49.3 Å². The van der Waals surface area contributed by atoms with Crippen LogP contribution in [0.5, 0.6) is 0 Å². The normalized spacial score (nSPS) is 26.8. The molecule has 1 aromatic rings. The Hall–Kier alpha value is -1.63. The van der Waals surface area contributed by atoms with Crippen LogP contribution in [0.3, 0.4) is 0 Å². The van der Waals surface area contributed by atoms with Crippen LogP contribution in [-0.2, 0) is 10.2 Å². The van der Waals surface area contributed by atoms with E-state index in [1.165, 1.54) is 29.6 Å². The lowest BCUT2D eigenvalue weighted by Crippen LogP contribution is -2.21. The summed E-state index contributed by atoms with van der Waals surface area (Å²) < 4.78 is 0. The summed E-state index contributed by atoms with van der Waals surface area (Å²) in [4.78, 5) is 11.6. The van der Waals surface area contributed by atoms with Gasteiger partial charge in [-0.3, -0.25) is 4.79 Å². The summed E-state index contributed by atoms with van der Waals surface area (Å²) in [5, 5.41) is 0. The van der Waals surface area contributed by atoms with Crippen molar-refractivity contribution < 1.29 is 4.79 Å². The van der Waals surface area contributed by atoms with E-state index in [1.54, 1.807) is 0 Å². The molecule has 0 saturated heterocycles. The smallest absolute Gasteiger partial charge is 0.147 e. The molecule has 0 bridgehead atoms. The molecular formula is C17H18O. The van der Waals surface area contributed by atoms with Gasteiger partial charge in [0.05, 0.1) is 0 Å².